The van der Waals surface area contributed by atoms with Crippen LogP contribution in [0.15, 0.2) is 43.8 Å². The molecule has 1 atom stereocenters. The summed E-state index contributed by atoms with van der Waals surface area (Å²) >= 11 is 0. The Bertz CT molecular complexity index is 1580. The summed E-state index contributed by atoms with van der Waals surface area (Å²) in [5.41, 5.74) is 8.89. The van der Waals surface area contributed by atoms with E-state index < -0.39 is 5.69 Å². The first-order chi connectivity index (χ1) is 18.4. The maximum Gasteiger partial charge on any atom is 0.332 e. The lowest BCUT2D eigenvalue weighted by Crippen LogP contribution is -2.44. The van der Waals surface area contributed by atoms with E-state index in [1.165, 1.54) is 9.13 Å². The van der Waals surface area contributed by atoms with Crippen LogP contribution in [-0.4, -0.2) is 56.8 Å². The van der Waals surface area contributed by atoms with E-state index in [0.29, 0.717) is 42.7 Å². The highest BCUT2D eigenvalue weighted by atomic mass is 16.2. The molecular weight excluding hydrogens is 480 g/mol. The summed E-state index contributed by atoms with van der Waals surface area (Å²) in [6.45, 7) is 7.65. The fraction of sp³-hybridized carbons (Fsp3) is 0.464. The first-order valence-corrected chi connectivity index (χ1v) is 13.1. The second-order valence-electron chi connectivity index (χ2n) is 9.96. The molecule has 0 radical (unpaired) electrons. The van der Waals surface area contributed by atoms with Crippen LogP contribution in [0.1, 0.15) is 38.2 Å². The number of para-hydroxylation sites is 1. The maximum absolute atomic E-state index is 13.8. The number of imidazole rings is 1. The smallest absolute Gasteiger partial charge is 0.332 e. The minimum atomic E-state index is -0.410. The lowest BCUT2D eigenvalue weighted by Gasteiger charge is -2.31. The van der Waals surface area contributed by atoms with Gasteiger partial charge in [0.1, 0.15) is 0 Å². The summed E-state index contributed by atoms with van der Waals surface area (Å²) in [5, 5.41) is 0. The molecule has 198 valence electrons. The minimum Gasteiger partial charge on any atom is -0.341 e. The van der Waals surface area contributed by atoms with Gasteiger partial charge in [-0.25, -0.2) is 4.79 Å². The number of aromatic nitrogens is 4. The van der Waals surface area contributed by atoms with Crippen molar-refractivity contribution >= 4 is 35.2 Å². The number of aliphatic imine (C=N–C) groups is 2. The molecule has 3 heterocycles. The second-order valence-corrected chi connectivity index (χ2v) is 9.96. The van der Waals surface area contributed by atoms with Gasteiger partial charge in [0.2, 0.25) is 5.95 Å². The van der Waals surface area contributed by atoms with Crippen LogP contribution in [0.25, 0.3) is 11.2 Å². The van der Waals surface area contributed by atoms with Crippen molar-refractivity contribution in [1.29, 1.82) is 0 Å². The normalized spacial score (nSPS) is 17.9. The van der Waals surface area contributed by atoms with Crippen molar-refractivity contribution in [3.05, 3.63) is 50.7 Å². The van der Waals surface area contributed by atoms with Crippen LogP contribution in [0.5, 0.6) is 0 Å². The fourth-order valence-electron chi connectivity index (χ4n) is 5.19. The molecule has 1 aliphatic heterocycles. The van der Waals surface area contributed by atoms with Gasteiger partial charge in [-0.2, -0.15) is 4.98 Å². The average molecular weight is 515 g/mol. The van der Waals surface area contributed by atoms with E-state index >= 15 is 0 Å². The van der Waals surface area contributed by atoms with E-state index in [4.69, 9.17) is 15.7 Å². The summed E-state index contributed by atoms with van der Waals surface area (Å²) in [6.07, 6.45) is 4.03. The zero-order chi connectivity index (χ0) is 26.8. The summed E-state index contributed by atoms with van der Waals surface area (Å²) < 4.78 is 4.53. The molecule has 2 aliphatic rings. The van der Waals surface area contributed by atoms with Crippen molar-refractivity contribution in [2.45, 2.75) is 51.7 Å². The van der Waals surface area contributed by atoms with Crippen LogP contribution >= 0.6 is 0 Å². The van der Waals surface area contributed by atoms with Crippen molar-refractivity contribution in [3.63, 3.8) is 0 Å². The second kappa shape index (κ2) is 10.8. The van der Waals surface area contributed by atoms with Gasteiger partial charge in [0, 0.05) is 43.4 Å². The quantitative estimate of drug-likeness (QED) is 0.365. The van der Waals surface area contributed by atoms with Gasteiger partial charge in [-0.15, -0.1) is 5.92 Å². The van der Waals surface area contributed by atoms with E-state index in [1.807, 2.05) is 28.8 Å². The fourth-order valence-corrected chi connectivity index (χ4v) is 5.19. The van der Waals surface area contributed by atoms with Gasteiger partial charge in [0.25, 0.3) is 5.56 Å². The van der Waals surface area contributed by atoms with Crippen LogP contribution in [0.2, 0.25) is 0 Å². The van der Waals surface area contributed by atoms with Crippen molar-refractivity contribution < 1.29 is 0 Å². The first kappa shape index (κ1) is 25.7. The number of aryl methyl sites for hydroxylation is 1. The van der Waals surface area contributed by atoms with Gasteiger partial charge < -0.3 is 10.6 Å². The molecule has 5 rings (SSSR count). The molecule has 0 bridgehead atoms. The number of rotatable bonds is 8. The van der Waals surface area contributed by atoms with Crippen LogP contribution in [0.4, 0.5) is 11.6 Å². The monoisotopic (exact) mass is 514 g/mol. The average Bonchev–Trinajstić information content (AvgIpc) is 3.69. The highest BCUT2D eigenvalue weighted by Crippen LogP contribution is 2.36. The SMILES string of the molecule is C=Nc1ccccc1C(=NCCn1c(=O)c2c(nc(N3CCC[C@@H](N)C3)n2CC#CC)n(C)c1=O)C1CC1. The van der Waals surface area contributed by atoms with E-state index in [9.17, 15) is 9.59 Å². The molecule has 3 aromatic rings. The van der Waals surface area contributed by atoms with E-state index in [2.05, 4.69) is 28.5 Å². The van der Waals surface area contributed by atoms with Gasteiger partial charge in [-0.3, -0.25) is 28.5 Å². The van der Waals surface area contributed by atoms with Crippen molar-refractivity contribution in [2.75, 3.05) is 24.5 Å². The third-order valence-electron chi connectivity index (χ3n) is 7.29. The van der Waals surface area contributed by atoms with Gasteiger partial charge in [0.15, 0.2) is 11.2 Å². The van der Waals surface area contributed by atoms with Gasteiger partial charge in [0.05, 0.1) is 25.3 Å². The van der Waals surface area contributed by atoms with Gasteiger partial charge >= 0.3 is 5.69 Å². The molecule has 1 saturated carbocycles. The van der Waals surface area contributed by atoms with Gasteiger partial charge in [-0.1, -0.05) is 24.1 Å². The summed E-state index contributed by atoms with van der Waals surface area (Å²) in [5.74, 6) is 6.97. The van der Waals surface area contributed by atoms with Crippen LogP contribution < -0.4 is 21.9 Å². The van der Waals surface area contributed by atoms with E-state index in [0.717, 1.165) is 49.2 Å². The Hall–Kier alpha value is -3.97. The molecule has 38 heavy (non-hydrogen) atoms. The number of piperidine rings is 1. The maximum atomic E-state index is 13.8. The number of benzene rings is 1. The predicted molar refractivity (Wildman–Crippen MR) is 152 cm³/mol. The molecule has 0 amide bonds. The summed E-state index contributed by atoms with van der Waals surface area (Å²) in [7, 11) is 1.65. The number of fused-ring (bicyclic) bond motifs is 1. The highest BCUT2D eigenvalue weighted by molar-refractivity contribution is 6.07. The predicted octanol–water partition coefficient (Wildman–Crippen LogP) is 2.08. The Balaban J connectivity index is 1.54. The van der Waals surface area contributed by atoms with E-state index in [-0.39, 0.29) is 18.1 Å². The van der Waals surface area contributed by atoms with Crippen molar-refractivity contribution in [3.8, 4) is 11.8 Å². The van der Waals surface area contributed by atoms with Crippen molar-refractivity contribution in [1.82, 2.24) is 18.7 Å². The van der Waals surface area contributed by atoms with Crippen LogP contribution in [0.3, 0.4) is 0 Å². The summed E-state index contributed by atoms with van der Waals surface area (Å²) in [6, 6.07) is 7.84. The first-order valence-electron chi connectivity index (χ1n) is 13.1. The number of anilines is 1. The van der Waals surface area contributed by atoms with Crippen molar-refractivity contribution in [2.24, 2.45) is 28.7 Å². The Morgan fingerprint density at radius 1 is 1.21 bits per heavy atom. The largest absolute Gasteiger partial charge is 0.341 e. The molecule has 1 aliphatic carbocycles. The Kier molecular flexibility index (Phi) is 7.29. The standard InChI is InChI=1S/C28H34N8O2/c1-4-5-16-35-24-25(32-27(35)34-15-8-9-20(29)18-34)33(3)28(38)36(26(24)37)17-14-31-23(19-12-13-19)21-10-6-7-11-22(21)30-2/h6-7,10-11,19-20H,2,8-9,12-18,29H2,1,3H3/t20-/m1/s1. The number of nitrogens with two attached hydrogens (primary N) is 1. The molecule has 1 saturated heterocycles. The topological polar surface area (TPSA) is 116 Å². The minimum absolute atomic E-state index is 0.0368. The molecule has 2 N–H and O–H groups in total. The third-order valence-corrected chi connectivity index (χ3v) is 7.29. The van der Waals surface area contributed by atoms with Crippen LogP contribution in [0, 0.1) is 17.8 Å². The Morgan fingerprint density at radius 2 is 2.00 bits per heavy atom. The molecule has 10 heteroatoms. The highest BCUT2D eigenvalue weighted by Gasteiger charge is 2.30. The zero-order valence-electron chi connectivity index (χ0n) is 22.1. The molecule has 10 nitrogen and oxygen atoms in total. The molecule has 1 aromatic carbocycles. The zero-order valence-corrected chi connectivity index (χ0v) is 22.1. The molecule has 2 aromatic heterocycles. The number of hydrogen-bond donors (Lipinski definition) is 1. The van der Waals surface area contributed by atoms with Crippen LogP contribution in [-0.2, 0) is 20.1 Å². The van der Waals surface area contributed by atoms with Gasteiger partial charge in [-0.05, 0) is 45.4 Å². The summed E-state index contributed by atoms with van der Waals surface area (Å²) in [4.78, 5) is 42.9. The lowest BCUT2D eigenvalue weighted by molar-refractivity contribution is 0.496. The molecule has 2 fully saturated rings. The molecule has 0 spiro atoms. The Morgan fingerprint density at radius 3 is 2.71 bits per heavy atom. The third kappa shape index (κ3) is 4.82. The molecule has 0 unspecified atom stereocenters. The lowest BCUT2D eigenvalue weighted by atomic mass is 10.0. The van der Waals surface area contributed by atoms with E-state index in [1.54, 1.807) is 14.0 Å². The number of nitrogens with zero attached hydrogens (tertiary/aromatic N) is 7. The number of hydrogen-bond acceptors (Lipinski definition) is 7. The molecular formula is C28H34N8O2. The Labute approximate surface area is 221 Å².